The molecule has 1 aliphatic rings. The molecule has 0 radical (unpaired) electrons. The van der Waals surface area contributed by atoms with E-state index in [9.17, 15) is 0 Å². The average Bonchev–Trinajstić information content (AvgIpc) is 2.51. The largest absolute Gasteiger partial charge is 0.491 e. The average molecular weight is 229 g/mol. The first-order valence-corrected chi connectivity index (χ1v) is 6.32. The lowest BCUT2D eigenvalue weighted by Gasteiger charge is -2.17. The predicted octanol–water partition coefficient (Wildman–Crippen LogP) is 3.72. The van der Waals surface area contributed by atoms with Gasteiger partial charge in [0.05, 0.1) is 12.1 Å². The fraction of sp³-hybridized carbons (Fsp3) is 0.467. The number of nitrogens with zero attached hydrogens (tertiary/aromatic N) is 1. The van der Waals surface area contributed by atoms with E-state index >= 15 is 0 Å². The van der Waals surface area contributed by atoms with Crippen LogP contribution in [-0.4, -0.2) is 11.2 Å². The zero-order chi connectivity index (χ0) is 12.0. The van der Waals surface area contributed by atoms with E-state index in [0.29, 0.717) is 0 Å². The second-order valence-corrected chi connectivity index (χ2v) is 5.84. The highest BCUT2D eigenvalue weighted by molar-refractivity contribution is 5.90. The van der Waals surface area contributed by atoms with E-state index in [1.165, 1.54) is 16.5 Å². The van der Waals surface area contributed by atoms with Gasteiger partial charge in [0, 0.05) is 18.1 Å². The molecule has 0 amide bonds. The van der Waals surface area contributed by atoms with Crippen molar-refractivity contribution in [3.8, 4) is 5.75 Å². The van der Waals surface area contributed by atoms with Crippen LogP contribution in [0.2, 0.25) is 0 Å². The highest BCUT2D eigenvalue weighted by atomic mass is 16.5. The minimum Gasteiger partial charge on any atom is -0.491 e. The van der Waals surface area contributed by atoms with Crippen LogP contribution in [-0.2, 0) is 12.0 Å². The lowest BCUT2D eigenvalue weighted by molar-refractivity contribution is 0.315. The molecule has 0 N–H and O–H groups in total. The van der Waals surface area contributed by atoms with E-state index in [4.69, 9.17) is 4.74 Å². The minimum absolute atomic E-state index is 0.182. The fourth-order valence-corrected chi connectivity index (χ4v) is 2.63. The number of hydrogen-bond donors (Lipinski definition) is 0. The maximum absolute atomic E-state index is 5.83. The lowest BCUT2D eigenvalue weighted by atomic mass is 9.87. The van der Waals surface area contributed by atoms with Gasteiger partial charge in [0.15, 0.2) is 0 Å². The summed E-state index contributed by atoms with van der Waals surface area (Å²) >= 11 is 0. The smallest absolute Gasteiger partial charge is 0.143 e. The molecular formula is C15H19NO. The van der Waals surface area contributed by atoms with Crippen molar-refractivity contribution in [1.82, 2.24) is 4.57 Å². The Morgan fingerprint density at radius 2 is 2.06 bits per heavy atom. The second-order valence-electron chi connectivity index (χ2n) is 5.84. The Morgan fingerprint density at radius 1 is 1.24 bits per heavy atom. The van der Waals surface area contributed by atoms with Crippen molar-refractivity contribution >= 4 is 10.9 Å². The number of aromatic nitrogens is 1. The molecule has 0 saturated heterocycles. The quantitative estimate of drug-likeness (QED) is 0.671. The molecule has 0 fully saturated rings. The van der Waals surface area contributed by atoms with Crippen molar-refractivity contribution < 1.29 is 4.74 Å². The van der Waals surface area contributed by atoms with Crippen LogP contribution in [0.15, 0.2) is 24.4 Å². The Kier molecular flexibility index (Phi) is 2.22. The summed E-state index contributed by atoms with van der Waals surface area (Å²) in [5, 5.41) is 1.34. The van der Waals surface area contributed by atoms with Crippen LogP contribution in [0.3, 0.4) is 0 Å². The number of ether oxygens (including phenoxy) is 1. The number of hydrogen-bond acceptors (Lipinski definition) is 1. The molecule has 0 atom stereocenters. The Balaban J connectivity index is 2.35. The molecule has 1 aromatic carbocycles. The highest BCUT2D eigenvalue weighted by Gasteiger charge is 2.22. The topological polar surface area (TPSA) is 14.2 Å². The van der Waals surface area contributed by atoms with Crippen molar-refractivity contribution in [2.24, 2.45) is 0 Å². The predicted molar refractivity (Wildman–Crippen MR) is 70.8 cm³/mol. The standard InChI is InChI=1S/C15H19NO/c1-15(2,3)12-10-16-8-5-9-17-13-7-4-6-11(12)14(13)16/h4,6-7,10H,5,8-9H2,1-3H3. The third-order valence-corrected chi connectivity index (χ3v) is 3.47. The molecule has 0 spiro atoms. The lowest BCUT2D eigenvalue weighted by Crippen LogP contribution is -2.10. The fourth-order valence-electron chi connectivity index (χ4n) is 2.63. The van der Waals surface area contributed by atoms with Gasteiger partial charge in [-0.3, -0.25) is 0 Å². The highest BCUT2D eigenvalue weighted by Crippen LogP contribution is 2.37. The van der Waals surface area contributed by atoms with Crippen LogP contribution in [0.5, 0.6) is 5.75 Å². The monoisotopic (exact) mass is 229 g/mol. The normalized spacial score (nSPS) is 15.7. The van der Waals surface area contributed by atoms with Crippen LogP contribution in [0, 0.1) is 0 Å². The van der Waals surface area contributed by atoms with E-state index in [2.05, 4.69) is 49.7 Å². The molecule has 2 heterocycles. The van der Waals surface area contributed by atoms with Crippen LogP contribution < -0.4 is 4.74 Å². The Morgan fingerprint density at radius 3 is 2.82 bits per heavy atom. The first-order chi connectivity index (χ1) is 8.07. The molecule has 0 bridgehead atoms. The summed E-state index contributed by atoms with van der Waals surface area (Å²) < 4.78 is 8.19. The number of aryl methyl sites for hydroxylation is 1. The van der Waals surface area contributed by atoms with E-state index in [0.717, 1.165) is 25.3 Å². The third-order valence-electron chi connectivity index (χ3n) is 3.47. The summed E-state index contributed by atoms with van der Waals surface area (Å²) in [5.74, 6) is 1.04. The van der Waals surface area contributed by atoms with Gasteiger partial charge >= 0.3 is 0 Å². The minimum atomic E-state index is 0.182. The summed E-state index contributed by atoms with van der Waals surface area (Å²) in [6, 6.07) is 6.39. The summed E-state index contributed by atoms with van der Waals surface area (Å²) in [4.78, 5) is 0. The maximum Gasteiger partial charge on any atom is 0.143 e. The molecule has 90 valence electrons. The van der Waals surface area contributed by atoms with Crippen molar-refractivity contribution in [3.05, 3.63) is 30.0 Å². The van der Waals surface area contributed by atoms with Crippen molar-refractivity contribution in [2.75, 3.05) is 6.61 Å². The number of para-hydroxylation sites is 1. The Labute approximate surface area is 102 Å². The molecular weight excluding hydrogens is 210 g/mol. The van der Waals surface area contributed by atoms with E-state index in [1.807, 2.05) is 0 Å². The van der Waals surface area contributed by atoms with Gasteiger partial charge in [-0.05, 0) is 23.5 Å². The van der Waals surface area contributed by atoms with Gasteiger partial charge in [0.2, 0.25) is 0 Å². The maximum atomic E-state index is 5.83. The van der Waals surface area contributed by atoms with E-state index < -0.39 is 0 Å². The second kappa shape index (κ2) is 3.52. The molecule has 0 unspecified atom stereocenters. The first kappa shape index (κ1) is 10.7. The van der Waals surface area contributed by atoms with Crippen LogP contribution in [0.1, 0.15) is 32.8 Å². The van der Waals surface area contributed by atoms with Gasteiger partial charge in [0.25, 0.3) is 0 Å². The van der Waals surface area contributed by atoms with E-state index in [-0.39, 0.29) is 5.41 Å². The van der Waals surface area contributed by atoms with Crippen molar-refractivity contribution in [1.29, 1.82) is 0 Å². The molecule has 17 heavy (non-hydrogen) atoms. The SMILES string of the molecule is CC(C)(C)c1cn2c3c(cccc13)OCCC2. The van der Waals surface area contributed by atoms with Crippen LogP contribution in [0.4, 0.5) is 0 Å². The zero-order valence-electron chi connectivity index (χ0n) is 10.8. The molecule has 2 heteroatoms. The van der Waals surface area contributed by atoms with Gasteiger partial charge in [-0.2, -0.15) is 0 Å². The first-order valence-electron chi connectivity index (χ1n) is 6.32. The Bertz CT molecular complexity index is 560. The van der Waals surface area contributed by atoms with Gasteiger partial charge in [-0.15, -0.1) is 0 Å². The molecule has 2 nitrogen and oxygen atoms in total. The molecule has 1 aromatic heterocycles. The van der Waals surface area contributed by atoms with Crippen LogP contribution >= 0.6 is 0 Å². The Hall–Kier alpha value is -1.44. The molecule has 3 rings (SSSR count). The summed E-state index contributed by atoms with van der Waals surface area (Å²) in [5.41, 5.74) is 2.87. The summed E-state index contributed by atoms with van der Waals surface area (Å²) in [6.45, 7) is 8.69. The molecule has 2 aromatic rings. The van der Waals surface area contributed by atoms with Crippen LogP contribution in [0.25, 0.3) is 10.9 Å². The van der Waals surface area contributed by atoms with Gasteiger partial charge in [-0.1, -0.05) is 32.9 Å². The van der Waals surface area contributed by atoms with Gasteiger partial charge < -0.3 is 9.30 Å². The zero-order valence-corrected chi connectivity index (χ0v) is 10.8. The number of benzene rings is 1. The van der Waals surface area contributed by atoms with Gasteiger partial charge in [-0.25, -0.2) is 0 Å². The van der Waals surface area contributed by atoms with Gasteiger partial charge in [0.1, 0.15) is 5.75 Å². The van der Waals surface area contributed by atoms with Crippen molar-refractivity contribution in [3.63, 3.8) is 0 Å². The molecule has 1 aliphatic heterocycles. The molecule has 0 saturated carbocycles. The van der Waals surface area contributed by atoms with Crippen molar-refractivity contribution in [2.45, 2.75) is 39.2 Å². The van der Waals surface area contributed by atoms with E-state index in [1.54, 1.807) is 0 Å². The summed E-state index contributed by atoms with van der Waals surface area (Å²) in [7, 11) is 0. The molecule has 0 aliphatic carbocycles. The summed E-state index contributed by atoms with van der Waals surface area (Å²) in [6.07, 6.45) is 3.39. The number of rotatable bonds is 0. The third kappa shape index (κ3) is 1.63.